The van der Waals surface area contributed by atoms with Crippen LogP contribution in [0.15, 0.2) is 36.5 Å². The zero-order valence-electron chi connectivity index (χ0n) is 8.65. The van der Waals surface area contributed by atoms with E-state index in [1.54, 1.807) is 12.1 Å². The normalized spacial score (nSPS) is 10.2. The molecular formula is C12H8ClFN2O. The molecule has 0 fully saturated rings. The summed E-state index contributed by atoms with van der Waals surface area (Å²) >= 11 is 5.80. The van der Waals surface area contributed by atoms with E-state index < -0.39 is 5.82 Å². The lowest BCUT2D eigenvalue weighted by atomic mass is 10.0. The maximum Gasteiger partial charge on any atom is 0.198 e. The van der Waals surface area contributed by atoms with Gasteiger partial charge in [-0.1, -0.05) is 11.6 Å². The van der Waals surface area contributed by atoms with Crippen molar-refractivity contribution >= 4 is 23.2 Å². The number of halogens is 2. The van der Waals surface area contributed by atoms with Crippen LogP contribution in [0, 0.1) is 5.82 Å². The molecule has 0 aliphatic carbocycles. The Balaban J connectivity index is 2.48. The highest BCUT2D eigenvalue weighted by Gasteiger charge is 2.16. The maximum absolute atomic E-state index is 12.9. The molecule has 17 heavy (non-hydrogen) atoms. The van der Waals surface area contributed by atoms with E-state index in [1.807, 2.05) is 0 Å². The fraction of sp³-hybridized carbons (Fsp3) is 0. The number of nitrogens with zero attached hydrogens (tertiary/aromatic N) is 1. The van der Waals surface area contributed by atoms with Crippen molar-refractivity contribution in [2.24, 2.45) is 0 Å². The monoisotopic (exact) mass is 250 g/mol. The van der Waals surface area contributed by atoms with Gasteiger partial charge in [0.25, 0.3) is 0 Å². The number of rotatable bonds is 2. The van der Waals surface area contributed by atoms with Gasteiger partial charge < -0.3 is 5.73 Å². The highest BCUT2D eigenvalue weighted by atomic mass is 35.5. The third-order valence-corrected chi connectivity index (χ3v) is 2.57. The largest absolute Gasteiger partial charge is 0.383 e. The van der Waals surface area contributed by atoms with Crippen molar-refractivity contribution in [1.82, 2.24) is 4.98 Å². The molecule has 1 aromatic carbocycles. The van der Waals surface area contributed by atoms with Gasteiger partial charge in [0, 0.05) is 11.8 Å². The lowest BCUT2D eigenvalue weighted by Crippen LogP contribution is -2.07. The Labute approximate surface area is 102 Å². The molecule has 0 spiro atoms. The molecular weight excluding hydrogens is 243 g/mol. The molecule has 86 valence electrons. The Kier molecular flexibility index (Phi) is 3.06. The van der Waals surface area contributed by atoms with Gasteiger partial charge in [0.05, 0.1) is 10.6 Å². The number of nitrogens with two attached hydrogens (primary N) is 1. The minimum absolute atomic E-state index is 0.0539. The Morgan fingerprint density at radius 3 is 2.71 bits per heavy atom. The number of ketones is 1. The van der Waals surface area contributed by atoms with E-state index >= 15 is 0 Å². The van der Waals surface area contributed by atoms with Crippen molar-refractivity contribution in [1.29, 1.82) is 0 Å². The van der Waals surface area contributed by atoms with Crippen molar-refractivity contribution < 1.29 is 9.18 Å². The minimum atomic E-state index is -0.495. The van der Waals surface area contributed by atoms with Crippen LogP contribution in [0.1, 0.15) is 15.9 Å². The first-order valence-corrected chi connectivity index (χ1v) is 5.17. The summed E-state index contributed by atoms with van der Waals surface area (Å²) in [6, 6.07) is 6.73. The van der Waals surface area contributed by atoms with Gasteiger partial charge >= 0.3 is 0 Å². The second kappa shape index (κ2) is 4.51. The van der Waals surface area contributed by atoms with E-state index in [1.165, 1.54) is 18.3 Å². The van der Waals surface area contributed by atoms with Crippen molar-refractivity contribution in [2.45, 2.75) is 0 Å². The van der Waals surface area contributed by atoms with Crippen LogP contribution in [-0.2, 0) is 0 Å². The average molecular weight is 251 g/mol. The molecule has 1 heterocycles. The minimum Gasteiger partial charge on any atom is -0.383 e. The summed E-state index contributed by atoms with van der Waals surface area (Å²) in [6.07, 6.45) is 1.48. The third kappa shape index (κ3) is 2.26. The highest BCUT2D eigenvalue weighted by molar-refractivity contribution is 6.35. The zero-order chi connectivity index (χ0) is 12.4. The standard InChI is InChI=1S/C12H8ClFN2O/c13-10-6-7(14)3-4-8(10)11(17)9-2-1-5-16-12(9)15/h1-6H,(H2,15,16). The summed E-state index contributed by atoms with van der Waals surface area (Å²) < 4.78 is 12.9. The lowest BCUT2D eigenvalue weighted by Gasteiger charge is -2.05. The van der Waals surface area contributed by atoms with Crippen LogP contribution in [0.5, 0.6) is 0 Å². The first-order chi connectivity index (χ1) is 8.09. The molecule has 0 aliphatic heterocycles. The van der Waals surface area contributed by atoms with Crippen LogP contribution in [0.4, 0.5) is 10.2 Å². The highest BCUT2D eigenvalue weighted by Crippen LogP contribution is 2.22. The zero-order valence-corrected chi connectivity index (χ0v) is 9.41. The topological polar surface area (TPSA) is 56.0 Å². The Morgan fingerprint density at radius 2 is 2.06 bits per heavy atom. The van der Waals surface area contributed by atoms with Crippen LogP contribution in [0.25, 0.3) is 0 Å². The van der Waals surface area contributed by atoms with E-state index in [4.69, 9.17) is 17.3 Å². The van der Waals surface area contributed by atoms with Gasteiger partial charge in [-0.05, 0) is 30.3 Å². The number of hydrogen-bond donors (Lipinski definition) is 1. The molecule has 5 heteroatoms. The average Bonchev–Trinajstić information content (AvgIpc) is 2.29. The number of pyridine rings is 1. The summed E-state index contributed by atoms with van der Waals surface area (Å²) in [5.74, 6) is -0.746. The first-order valence-electron chi connectivity index (χ1n) is 4.80. The number of aromatic nitrogens is 1. The Morgan fingerprint density at radius 1 is 1.29 bits per heavy atom. The summed E-state index contributed by atoms with van der Waals surface area (Å²) in [6.45, 7) is 0. The number of carbonyl (C=O) groups excluding carboxylic acids is 1. The van der Waals surface area contributed by atoms with Gasteiger partial charge in [0.2, 0.25) is 0 Å². The summed E-state index contributed by atoms with van der Waals surface area (Å²) in [7, 11) is 0. The molecule has 0 saturated heterocycles. The summed E-state index contributed by atoms with van der Waals surface area (Å²) in [5.41, 5.74) is 6.04. The van der Waals surface area contributed by atoms with Crippen molar-refractivity contribution in [3.63, 3.8) is 0 Å². The molecule has 0 amide bonds. The molecule has 3 nitrogen and oxygen atoms in total. The van der Waals surface area contributed by atoms with Crippen LogP contribution < -0.4 is 5.73 Å². The molecule has 0 atom stereocenters. The molecule has 1 aromatic heterocycles. The molecule has 0 radical (unpaired) electrons. The Bertz CT molecular complexity index is 586. The van der Waals surface area contributed by atoms with Gasteiger partial charge in [-0.15, -0.1) is 0 Å². The predicted molar refractivity (Wildman–Crippen MR) is 63.5 cm³/mol. The second-order valence-corrected chi connectivity index (χ2v) is 3.80. The molecule has 0 bridgehead atoms. The number of nitrogen functional groups attached to an aromatic ring is 1. The van der Waals surface area contributed by atoms with Crippen LogP contribution in [0.2, 0.25) is 5.02 Å². The van der Waals surface area contributed by atoms with Gasteiger partial charge in [0.1, 0.15) is 11.6 Å². The van der Waals surface area contributed by atoms with Crippen LogP contribution in [-0.4, -0.2) is 10.8 Å². The SMILES string of the molecule is Nc1ncccc1C(=O)c1ccc(F)cc1Cl. The fourth-order valence-electron chi connectivity index (χ4n) is 1.43. The third-order valence-electron chi connectivity index (χ3n) is 2.26. The predicted octanol–water partition coefficient (Wildman–Crippen LogP) is 2.69. The van der Waals surface area contributed by atoms with Crippen LogP contribution in [0.3, 0.4) is 0 Å². The van der Waals surface area contributed by atoms with E-state index in [2.05, 4.69) is 4.98 Å². The van der Waals surface area contributed by atoms with E-state index in [0.29, 0.717) is 0 Å². The Hall–Kier alpha value is -1.94. The van der Waals surface area contributed by atoms with Crippen molar-refractivity contribution in [2.75, 3.05) is 5.73 Å². The quantitative estimate of drug-likeness (QED) is 0.834. The van der Waals surface area contributed by atoms with Gasteiger partial charge in [-0.3, -0.25) is 4.79 Å². The lowest BCUT2D eigenvalue weighted by molar-refractivity contribution is 0.103. The van der Waals surface area contributed by atoms with Gasteiger partial charge in [-0.2, -0.15) is 0 Å². The number of anilines is 1. The molecule has 2 rings (SSSR count). The summed E-state index contributed by atoms with van der Waals surface area (Å²) in [4.78, 5) is 15.9. The molecule has 0 unspecified atom stereocenters. The van der Waals surface area contributed by atoms with E-state index in [9.17, 15) is 9.18 Å². The molecule has 2 aromatic rings. The van der Waals surface area contributed by atoms with Crippen molar-refractivity contribution in [3.8, 4) is 0 Å². The smallest absolute Gasteiger partial charge is 0.198 e. The second-order valence-electron chi connectivity index (χ2n) is 3.39. The fourth-order valence-corrected chi connectivity index (χ4v) is 1.68. The first kappa shape index (κ1) is 11.5. The number of hydrogen-bond acceptors (Lipinski definition) is 3. The van der Waals surface area contributed by atoms with E-state index in [-0.39, 0.29) is 27.8 Å². The number of benzene rings is 1. The van der Waals surface area contributed by atoms with Gasteiger partial charge in [-0.25, -0.2) is 9.37 Å². The van der Waals surface area contributed by atoms with Crippen molar-refractivity contribution in [3.05, 3.63) is 58.5 Å². The van der Waals surface area contributed by atoms with Crippen LogP contribution >= 0.6 is 11.6 Å². The number of carbonyl (C=O) groups is 1. The van der Waals surface area contributed by atoms with E-state index in [0.717, 1.165) is 6.07 Å². The summed E-state index contributed by atoms with van der Waals surface area (Å²) in [5, 5.41) is 0.0539. The van der Waals surface area contributed by atoms with Gasteiger partial charge in [0.15, 0.2) is 5.78 Å². The molecule has 0 aliphatic rings. The molecule has 2 N–H and O–H groups in total. The maximum atomic E-state index is 12.9. The molecule has 0 saturated carbocycles.